The third kappa shape index (κ3) is 3.21. The lowest BCUT2D eigenvalue weighted by atomic mass is 10.0. The predicted molar refractivity (Wildman–Crippen MR) is 95.5 cm³/mol. The van der Waals surface area contributed by atoms with Gasteiger partial charge in [0.05, 0.1) is 31.9 Å². The molecule has 0 fully saturated rings. The van der Waals surface area contributed by atoms with Gasteiger partial charge in [0, 0.05) is 18.9 Å². The van der Waals surface area contributed by atoms with Gasteiger partial charge in [0.1, 0.15) is 11.8 Å². The zero-order chi connectivity index (χ0) is 19.7. The van der Waals surface area contributed by atoms with Crippen LogP contribution in [-0.2, 0) is 20.8 Å². The van der Waals surface area contributed by atoms with Crippen molar-refractivity contribution in [3.8, 4) is 5.75 Å². The average Bonchev–Trinajstić information content (AvgIpc) is 3.07. The van der Waals surface area contributed by atoms with E-state index in [1.165, 1.54) is 18.6 Å². The van der Waals surface area contributed by atoms with Crippen LogP contribution < -0.4 is 10.1 Å². The molecule has 2 amide bonds. The molecule has 0 spiro atoms. The zero-order valence-corrected chi connectivity index (χ0v) is 15.3. The van der Waals surface area contributed by atoms with Crippen molar-refractivity contribution in [2.75, 3.05) is 20.8 Å². The number of carbonyl (C=O) groups is 3. The topological polar surface area (TPSA) is 110 Å². The number of amides is 2. The highest BCUT2D eigenvalue weighted by Crippen LogP contribution is 2.41. The number of ether oxygens (including phenoxy) is 1. The number of nitrogens with zero attached hydrogens (tertiary/aromatic N) is 2. The maximum absolute atomic E-state index is 12.9. The summed E-state index contributed by atoms with van der Waals surface area (Å²) in [6.45, 7) is 1.79. The fraction of sp³-hybridized carbons (Fsp3) is 0.389. The molecule has 1 atom stereocenters. The van der Waals surface area contributed by atoms with Crippen molar-refractivity contribution >= 4 is 28.8 Å². The fourth-order valence-electron chi connectivity index (χ4n) is 3.56. The van der Waals surface area contributed by atoms with E-state index in [1.54, 1.807) is 19.2 Å². The van der Waals surface area contributed by atoms with Crippen molar-refractivity contribution in [3.63, 3.8) is 0 Å². The number of methoxy groups -OCH3 is 1. The van der Waals surface area contributed by atoms with E-state index >= 15 is 0 Å². The lowest BCUT2D eigenvalue weighted by Crippen LogP contribution is -2.30. The molecular formula is C18H21N3O6. The van der Waals surface area contributed by atoms with Crippen molar-refractivity contribution in [2.45, 2.75) is 25.8 Å². The summed E-state index contributed by atoms with van der Waals surface area (Å²) in [5.74, 6) is -0.582. The van der Waals surface area contributed by atoms with E-state index in [1.807, 2.05) is 6.07 Å². The van der Waals surface area contributed by atoms with Crippen LogP contribution in [0.25, 0.3) is 10.9 Å². The number of aromatic nitrogens is 1. The van der Waals surface area contributed by atoms with E-state index in [0.29, 0.717) is 29.9 Å². The first-order valence-electron chi connectivity index (χ1n) is 8.44. The molecule has 2 heterocycles. The van der Waals surface area contributed by atoms with Gasteiger partial charge in [0.2, 0.25) is 5.91 Å². The Hall–Kier alpha value is -3.07. The number of rotatable bonds is 7. The standard InChI is InChI=1S/C18H21N3O6/c1-10(22)19-7-6-12-13-8-11(26-2)4-5-14(13)20-17(12)15(9-16(23)24)21(27-3)18(20)25/h4-5,8,15H,6-7,9H2,1-3H3,(H,19,22)(H,23,24). The van der Waals surface area contributed by atoms with Crippen molar-refractivity contribution in [1.82, 2.24) is 14.9 Å². The molecule has 1 unspecified atom stereocenters. The Bertz CT molecular complexity index is 919. The van der Waals surface area contributed by atoms with E-state index in [-0.39, 0.29) is 12.3 Å². The second-order valence-electron chi connectivity index (χ2n) is 6.22. The van der Waals surface area contributed by atoms with Gasteiger partial charge in [0.15, 0.2) is 0 Å². The van der Waals surface area contributed by atoms with Gasteiger partial charge in [-0.25, -0.2) is 4.79 Å². The maximum Gasteiger partial charge on any atom is 0.353 e. The number of aliphatic carboxylic acids is 1. The van der Waals surface area contributed by atoms with Crippen LogP contribution in [0.1, 0.15) is 30.6 Å². The highest BCUT2D eigenvalue weighted by atomic mass is 16.7. The molecule has 9 nitrogen and oxygen atoms in total. The van der Waals surface area contributed by atoms with Gasteiger partial charge in [-0.2, -0.15) is 5.06 Å². The molecule has 1 aromatic carbocycles. The number of carboxylic acids is 1. The Balaban J connectivity index is 2.19. The molecule has 2 N–H and O–H groups in total. The predicted octanol–water partition coefficient (Wildman–Crippen LogP) is 1.69. The van der Waals surface area contributed by atoms with Crippen LogP contribution >= 0.6 is 0 Å². The van der Waals surface area contributed by atoms with Crippen LogP contribution in [-0.4, -0.2) is 53.4 Å². The quantitative estimate of drug-likeness (QED) is 0.762. The molecule has 144 valence electrons. The lowest BCUT2D eigenvalue weighted by molar-refractivity contribution is -0.146. The Labute approximate surface area is 155 Å². The Morgan fingerprint density at radius 1 is 1.30 bits per heavy atom. The van der Waals surface area contributed by atoms with Gasteiger partial charge in [-0.1, -0.05) is 0 Å². The first-order valence-corrected chi connectivity index (χ1v) is 8.44. The van der Waals surface area contributed by atoms with Crippen molar-refractivity contribution < 1.29 is 29.1 Å². The van der Waals surface area contributed by atoms with Gasteiger partial charge in [-0.15, -0.1) is 0 Å². The molecule has 2 aromatic rings. The van der Waals surface area contributed by atoms with Crippen LogP contribution in [0, 0.1) is 0 Å². The molecule has 0 radical (unpaired) electrons. The van der Waals surface area contributed by atoms with Gasteiger partial charge >= 0.3 is 12.0 Å². The number of hydroxylamine groups is 2. The number of fused-ring (bicyclic) bond motifs is 3. The number of hydrogen-bond acceptors (Lipinski definition) is 5. The van der Waals surface area contributed by atoms with E-state index in [9.17, 15) is 19.5 Å². The number of nitrogens with one attached hydrogen (secondary N) is 1. The molecular weight excluding hydrogens is 354 g/mol. The molecule has 0 bridgehead atoms. The van der Waals surface area contributed by atoms with E-state index < -0.39 is 18.0 Å². The first kappa shape index (κ1) is 18.7. The minimum atomic E-state index is -1.04. The molecule has 1 aliphatic rings. The monoisotopic (exact) mass is 375 g/mol. The van der Waals surface area contributed by atoms with Crippen molar-refractivity contribution in [3.05, 3.63) is 29.5 Å². The summed E-state index contributed by atoms with van der Waals surface area (Å²) in [7, 11) is 2.88. The summed E-state index contributed by atoms with van der Waals surface area (Å²) in [5, 5.41) is 13.9. The van der Waals surface area contributed by atoms with E-state index in [0.717, 1.165) is 16.0 Å². The minimum Gasteiger partial charge on any atom is -0.497 e. The van der Waals surface area contributed by atoms with Gasteiger partial charge in [0.25, 0.3) is 0 Å². The summed E-state index contributed by atoms with van der Waals surface area (Å²) < 4.78 is 6.77. The van der Waals surface area contributed by atoms with Gasteiger partial charge in [-0.05, 0) is 30.2 Å². The van der Waals surface area contributed by atoms with Gasteiger partial charge in [-0.3, -0.25) is 19.0 Å². The zero-order valence-electron chi connectivity index (χ0n) is 15.3. The summed E-state index contributed by atoms with van der Waals surface area (Å²) in [4.78, 5) is 40.6. The van der Waals surface area contributed by atoms with Crippen LogP contribution in [0.15, 0.2) is 18.2 Å². The Morgan fingerprint density at radius 3 is 2.63 bits per heavy atom. The SMILES string of the molecule is COc1ccc2c(c1)c(CCNC(C)=O)c1n2C(=O)N(OC)C1CC(=O)O. The fourth-order valence-corrected chi connectivity index (χ4v) is 3.56. The summed E-state index contributed by atoms with van der Waals surface area (Å²) in [5.41, 5.74) is 2.00. The van der Waals surface area contributed by atoms with Crippen LogP contribution in [0.5, 0.6) is 5.75 Å². The molecule has 1 aliphatic heterocycles. The van der Waals surface area contributed by atoms with E-state index in [2.05, 4.69) is 5.32 Å². The smallest absolute Gasteiger partial charge is 0.353 e. The normalized spacial score (nSPS) is 15.9. The summed E-state index contributed by atoms with van der Waals surface area (Å²) >= 11 is 0. The molecule has 9 heteroatoms. The third-order valence-electron chi connectivity index (χ3n) is 4.61. The average molecular weight is 375 g/mol. The largest absolute Gasteiger partial charge is 0.497 e. The van der Waals surface area contributed by atoms with E-state index in [4.69, 9.17) is 9.57 Å². The second-order valence-corrected chi connectivity index (χ2v) is 6.22. The summed E-state index contributed by atoms with van der Waals surface area (Å²) in [6, 6.07) is 4.10. The number of benzene rings is 1. The maximum atomic E-state index is 12.9. The highest BCUT2D eigenvalue weighted by Gasteiger charge is 2.42. The molecule has 1 aromatic heterocycles. The van der Waals surface area contributed by atoms with Crippen molar-refractivity contribution in [1.29, 1.82) is 0 Å². The van der Waals surface area contributed by atoms with Crippen LogP contribution in [0.4, 0.5) is 4.79 Å². The third-order valence-corrected chi connectivity index (χ3v) is 4.61. The molecule has 3 rings (SSSR count). The number of hydrogen-bond donors (Lipinski definition) is 2. The van der Waals surface area contributed by atoms with Crippen LogP contribution in [0.3, 0.4) is 0 Å². The minimum absolute atomic E-state index is 0.163. The van der Waals surface area contributed by atoms with Crippen LogP contribution in [0.2, 0.25) is 0 Å². The Morgan fingerprint density at radius 2 is 2.04 bits per heavy atom. The lowest BCUT2D eigenvalue weighted by Gasteiger charge is -2.20. The second kappa shape index (κ2) is 7.28. The first-order chi connectivity index (χ1) is 12.9. The van der Waals surface area contributed by atoms with Gasteiger partial charge < -0.3 is 15.2 Å². The van der Waals surface area contributed by atoms with Crippen molar-refractivity contribution in [2.24, 2.45) is 0 Å². The number of carbonyl (C=O) groups excluding carboxylic acids is 2. The molecule has 0 saturated heterocycles. The number of carboxylic acid groups (broad SMARTS) is 1. The molecule has 0 saturated carbocycles. The summed E-state index contributed by atoms with van der Waals surface area (Å²) in [6.07, 6.45) is 0.146. The molecule has 0 aliphatic carbocycles. The Kier molecular flexibility index (Phi) is 5.04. The molecule has 27 heavy (non-hydrogen) atoms. The highest BCUT2D eigenvalue weighted by molar-refractivity contribution is 5.98.